The Labute approximate surface area is 131 Å². The maximum absolute atomic E-state index is 12.3. The van der Waals surface area contributed by atoms with Crippen molar-refractivity contribution in [2.45, 2.75) is 26.2 Å². The number of nitrogens with zero attached hydrogens (tertiary/aromatic N) is 1. The highest BCUT2D eigenvalue weighted by Gasteiger charge is 2.27. The summed E-state index contributed by atoms with van der Waals surface area (Å²) in [6.07, 6.45) is 1.75. The zero-order valence-corrected chi connectivity index (χ0v) is 13.2. The molecule has 120 valence electrons. The summed E-state index contributed by atoms with van der Waals surface area (Å²) >= 11 is 0. The van der Waals surface area contributed by atoms with E-state index in [1.54, 1.807) is 0 Å². The Morgan fingerprint density at radius 1 is 1.18 bits per heavy atom. The minimum absolute atomic E-state index is 0.0699. The van der Waals surface area contributed by atoms with Gasteiger partial charge in [0.15, 0.2) is 0 Å². The number of esters is 1. The summed E-state index contributed by atoms with van der Waals surface area (Å²) in [4.78, 5) is 25.6. The first-order valence-corrected chi connectivity index (χ1v) is 7.71. The maximum atomic E-state index is 12.3. The lowest BCUT2D eigenvalue weighted by atomic mass is 9.96. The van der Waals surface area contributed by atoms with Crippen molar-refractivity contribution in [1.29, 1.82) is 0 Å². The number of rotatable bonds is 5. The van der Waals surface area contributed by atoms with E-state index in [0.717, 1.165) is 11.3 Å². The van der Waals surface area contributed by atoms with Crippen LogP contribution in [0.25, 0.3) is 0 Å². The van der Waals surface area contributed by atoms with Crippen LogP contribution in [0.4, 0.5) is 0 Å². The van der Waals surface area contributed by atoms with Crippen molar-refractivity contribution >= 4 is 11.9 Å². The van der Waals surface area contributed by atoms with Crippen LogP contribution in [0.3, 0.4) is 0 Å². The lowest BCUT2D eigenvalue weighted by Crippen LogP contribution is -2.41. The molecule has 0 bridgehead atoms. The standard InChI is InChI=1S/C17H23NO4/c1-3-22-15-6-4-13(5-7-15)12-16(19)18-10-8-14(9-11-18)17(20)21-2/h4-7,14H,3,8-12H2,1-2H3. The number of carbonyl (C=O) groups excluding carboxylic acids is 2. The molecule has 0 saturated carbocycles. The molecule has 1 saturated heterocycles. The number of piperidine rings is 1. The van der Waals surface area contributed by atoms with Crippen LogP contribution in [0.15, 0.2) is 24.3 Å². The third-order valence-corrected chi connectivity index (χ3v) is 3.97. The monoisotopic (exact) mass is 305 g/mol. The molecule has 5 nitrogen and oxygen atoms in total. The Balaban J connectivity index is 1.84. The Morgan fingerprint density at radius 2 is 1.82 bits per heavy atom. The maximum Gasteiger partial charge on any atom is 0.308 e. The number of benzene rings is 1. The number of ether oxygens (including phenoxy) is 2. The van der Waals surface area contributed by atoms with E-state index < -0.39 is 0 Å². The molecule has 22 heavy (non-hydrogen) atoms. The molecule has 0 radical (unpaired) electrons. The molecule has 1 heterocycles. The molecule has 0 aromatic heterocycles. The molecule has 0 spiro atoms. The molecule has 1 fully saturated rings. The first-order valence-electron chi connectivity index (χ1n) is 7.71. The third-order valence-electron chi connectivity index (χ3n) is 3.97. The molecule has 1 amide bonds. The van der Waals surface area contributed by atoms with Crippen LogP contribution < -0.4 is 4.74 Å². The zero-order valence-electron chi connectivity index (χ0n) is 13.2. The lowest BCUT2D eigenvalue weighted by Gasteiger charge is -2.30. The fourth-order valence-electron chi connectivity index (χ4n) is 2.69. The van der Waals surface area contributed by atoms with E-state index in [1.165, 1.54) is 7.11 Å². The van der Waals surface area contributed by atoms with E-state index in [9.17, 15) is 9.59 Å². The van der Waals surface area contributed by atoms with Gasteiger partial charge in [0.25, 0.3) is 0 Å². The summed E-state index contributed by atoms with van der Waals surface area (Å²) in [5.74, 6) is 0.684. The first-order chi connectivity index (χ1) is 10.6. The van der Waals surface area contributed by atoms with Crippen LogP contribution in [-0.4, -0.2) is 43.6 Å². The topological polar surface area (TPSA) is 55.8 Å². The van der Waals surface area contributed by atoms with Crippen LogP contribution in [0.2, 0.25) is 0 Å². The van der Waals surface area contributed by atoms with Gasteiger partial charge in [-0.2, -0.15) is 0 Å². The Morgan fingerprint density at radius 3 is 2.36 bits per heavy atom. The molecule has 0 N–H and O–H groups in total. The highest BCUT2D eigenvalue weighted by molar-refractivity contribution is 5.79. The molecule has 1 aromatic carbocycles. The molecule has 5 heteroatoms. The van der Waals surface area contributed by atoms with Gasteiger partial charge in [-0.3, -0.25) is 9.59 Å². The molecule has 0 aliphatic carbocycles. The SMILES string of the molecule is CCOc1ccc(CC(=O)N2CCC(C(=O)OC)CC2)cc1. The minimum atomic E-state index is -0.168. The predicted octanol–water partition coefficient (Wildman–Crippen LogP) is 2.04. The second-order valence-corrected chi connectivity index (χ2v) is 5.43. The van der Waals surface area contributed by atoms with Gasteiger partial charge in [-0.15, -0.1) is 0 Å². The Bertz CT molecular complexity index is 504. The second-order valence-electron chi connectivity index (χ2n) is 5.43. The number of amides is 1. The van der Waals surface area contributed by atoms with Crippen molar-refractivity contribution in [3.8, 4) is 5.75 Å². The largest absolute Gasteiger partial charge is 0.494 e. The highest BCUT2D eigenvalue weighted by atomic mass is 16.5. The summed E-state index contributed by atoms with van der Waals surface area (Å²) < 4.78 is 10.1. The number of likely N-dealkylation sites (tertiary alicyclic amines) is 1. The van der Waals surface area contributed by atoms with Gasteiger partial charge in [-0.1, -0.05) is 12.1 Å². The van der Waals surface area contributed by atoms with Crippen molar-refractivity contribution in [2.75, 3.05) is 26.8 Å². The van der Waals surface area contributed by atoms with E-state index >= 15 is 0 Å². The van der Waals surface area contributed by atoms with E-state index in [2.05, 4.69) is 0 Å². The first kappa shape index (κ1) is 16.3. The van der Waals surface area contributed by atoms with Gasteiger partial charge in [0, 0.05) is 13.1 Å². The van der Waals surface area contributed by atoms with Crippen molar-refractivity contribution < 1.29 is 19.1 Å². The molecule has 0 unspecified atom stereocenters. The van der Waals surface area contributed by atoms with Gasteiger partial charge < -0.3 is 14.4 Å². The van der Waals surface area contributed by atoms with E-state index in [1.807, 2.05) is 36.1 Å². The summed E-state index contributed by atoms with van der Waals surface area (Å²) in [7, 11) is 1.41. The van der Waals surface area contributed by atoms with Crippen molar-refractivity contribution in [2.24, 2.45) is 5.92 Å². The fourth-order valence-corrected chi connectivity index (χ4v) is 2.69. The number of methoxy groups -OCH3 is 1. The minimum Gasteiger partial charge on any atom is -0.494 e. The second kappa shape index (κ2) is 7.82. The van der Waals surface area contributed by atoms with Crippen LogP contribution >= 0.6 is 0 Å². The molecule has 0 atom stereocenters. The van der Waals surface area contributed by atoms with Gasteiger partial charge in [0.05, 0.1) is 26.1 Å². The quantitative estimate of drug-likeness (QED) is 0.781. The molecule has 1 aliphatic rings. The van der Waals surface area contributed by atoms with E-state index in [4.69, 9.17) is 9.47 Å². The number of carbonyl (C=O) groups is 2. The average Bonchev–Trinajstić information content (AvgIpc) is 2.56. The Hall–Kier alpha value is -2.04. The predicted molar refractivity (Wildman–Crippen MR) is 82.6 cm³/mol. The van der Waals surface area contributed by atoms with Gasteiger partial charge in [0.2, 0.25) is 5.91 Å². The molecule has 1 aromatic rings. The molecule has 1 aliphatic heterocycles. The smallest absolute Gasteiger partial charge is 0.308 e. The number of hydrogen-bond donors (Lipinski definition) is 0. The van der Waals surface area contributed by atoms with Gasteiger partial charge >= 0.3 is 5.97 Å². The van der Waals surface area contributed by atoms with Crippen molar-refractivity contribution in [1.82, 2.24) is 4.90 Å². The fraction of sp³-hybridized carbons (Fsp3) is 0.529. The van der Waals surface area contributed by atoms with Crippen LogP contribution in [0.1, 0.15) is 25.3 Å². The van der Waals surface area contributed by atoms with Crippen LogP contribution in [0.5, 0.6) is 5.75 Å². The number of hydrogen-bond acceptors (Lipinski definition) is 4. The zero-order chi connectivity index (χ0) is 15.9. The molecule has 2 rings (SSSR count). The van der Waals surface area contributed by atoms with E-state index in [-0.39, 0.29) is 17.8 Å². The van der Waals surface area contributed by atoms with Crippen molar-refractivity contribution in [3.05, 3.63) is 29.8 Å². The molecular formula is C17H23NO4. The average molecular weight is 305 g/mol. The van der Waals surface area contributed by atoms with Gasteiger partial charge in [0.1, 0.15) is 5.75 Å². The molecular weight excluding hydrogens is 282 g/mol. The van der Waals surface area contributed by atoms with Gasteiger partial charge in [-0.05, 0) is 37.5 Å². The summed E-state index contributed by atoms with van der Waals surface area (Å²) in [5.41, 5.74) is 0.976. The van der Waals surface area contributed by atoms with Gasteiger partial charge in [-0.25, -0.2) is 0 Å². The normalized spacial score (nSPS) is 15.5. The Kier molecular flexibility index (Phi) is 5.81. The summed E-state index contributed by atoms with van der Waals surface area (Å²) in [5, 5.41) is 0. The van der Waals surface area contributed by atoms with E-state index in [0.29, 0.717) is 39.0 Å². The summed E-state index contributed by atoms with van der Waals surface area (Å²) in [6.45, 7) is 3.81. The van der Waals surface area contributed by atoms with Crippen LogP contribution in [0, 0.1) is 5.92 Å². The van der Waals surface area contributed by atoms with Crippen molar-refractivity contribution in [3.63, 3.8) is 0 Å². The van der Waals surface area contributed by atoms with Crippen LogP contribution in [-0.2, 0) is 20.7 Å². The lowest BCUT2D eigenvalue weighted by molar-refractivity contribution is -0.148. The third kappa shape index (κ3) is 4.23. The highest BCUT2D eigenvalue weighted by Crippen LogP contribution is 2.20. The summed E-state index contributed by atoms with van der Waals surface area (Å²) in [6, 6.07) is 7.61.